The summed E-state index contributed by atoms with van der Waals surface area (Å²) < 4.78 is 4.64. The lowest BCUT2D eigenvalue weighted by atomic mass is 9.95. The van der Waals surface area contributed by atoms with Gasteiger partial charge >= 0.3 is 5.97 Å². The first-order valence-electron chi connectivity index (χ1n) is 7.59. The predicted molar refractivity (Wildman–Crippen MR) is 91.4 cm³/mol. The smallest absolute Gasteiger partial charge is 0.337 e. The van der Waals surface area contributed by atoms with Crippen LogP contribution in [-0.4, -0.2) is 35.5 Å². The number of H-pyrrole nitrogens is 1. The number of methoxy groups -OCH3 is 1. The molecule has 0 fully saturated rings. The fourth-order valence-electron chi connectivity index (χ4n) is 2.61. The molecule has 25 heavy (non-hydrogen) atoms. The molecule has 9 heteroatoms. The number of nitrogens with zero attached hydrogens (tertiary/aromatic N) is 1. The van der Waals surface area contributed by atoms with Gasteiger partial charge in [-0.1, -0.05) is 0 Å². The molecule has 0 aliphatic carbocycles. The van der Waals surface area contributed by atoms with Crippen molar-refractivity contribution >= 4 is 29.3 Å². The van der Waals surface area contributed by atoms with E-state index in [1.54, 1.807) is 24.3 Å². The summed E-state index contributed by atoms with van der Waals surface area (Å²) in [5.74, 6) is -0.903. The number of fused-ring (bicyclic) bond motifs is 1. The highest BCUT2D eigenvalue weighted by molar-refractivity contribution is 5.95. The molecule has 1 aromatic heterocycles. The van der Waals surface area contributed by atoms with Crippen LogP contribution in [0, 0.1) is 5.92 Å². The van der Waals surface area contributed by atoms with Gasteiger partial charge in [0.1, 0.15) is 5.82 Å². The van der Waals surface area contributed by atoms with Gasteiger partial charge in [-0.15, -0.1) is 0 Å². The van der Waals surface area contributed by atoms with Crippen molar-refractivity contribution in [1.29, 1.82) is 0 Å². The third-order valence-corrected chi connectivity index (χ3v) is 3.96. The van der Waals surface area contributed by atoms with Crippen LogP contribution in [0.25, 0.3) is 0 Å². The normalized spacial score (nSPS) is 15.9. The van der Waals surface area contributed by atoms with E-state index in [4.69, 9.17) is 5.73 Å². The number of aromatic amines is 1. The predicted octanol–water partition coefficient (Wildman–Crippen LogP) is 0.362. The molecular weight excluding hydrogens is 326 g/mol. The number of ether oxygens (including phenoxy) is 1. The molecule has 1 unspecified atom stereocenters. The van der Waals surface area contributed by atoms with Gasteiger partial charge in [0.05, 0.1) is 24.2 Å². The second-order valence-electron chi connectivity index (χ2n) is 5.62. The highest BCUT2D eigenvalue weighted by Crippen LogP contribution is 2.21. The monoisotopic (exact) mass is 343 g/mol. The van der Waals surface area contributed by atoms with Crippen LogP contribution in [0.1, 0.15) is 15.9 Å². The fraction of sp³-hybridized carbons (Fsp3) is 0.250. The van der Waals surface area contributed by atoms with Gasteiger partial charge < -0.3 is 21.1 Å². The number of benzene rings is 1. The van der Waals surface area contributed by atoms with Crippen molar-refractivity contribution in [3.8, 4) is 0 Å². The topological polar surface area (TPSA) is 139 Å². The van der Waals surface area contributed by atoms with Gasteiger partial charge in [0.25, 0.3) is 5.56 Å². The molecule has 1 atom stereocenters. The minimum Gasteiger partial charge on any atom is -0.465 e. The summed E-state index contributed by atoms with van der Waals surface area (Å²) >= 11 is 0. The molecule has 2 heterocycles. The van der Waals surface area contributed by atoms with Crippen molar-refractivity contribution in [3.05, 3.63) is 45.7 Å². The molecule has 9 nitrogen and oxygen atoms in total. The van der Waals surface area contributed by atoms with Crippen LogP contribution < -0.4 is 21.9 Å². The maximum absolute atomic E-state index is 12.2. The maximum atomic E-state index is 12.2. The van der Waals surface area contributed by atoms with E-state index in [9.17, 15) is 14.4 Å². The van der Waals surface area contributed by atoms with Gasteiger partial charge in [0.15, 0.2) is 0 Å². The minimum atomic E-state index is -0.431. The molecule has 1 amide bonds. The van der Waals surface area contributed by atoms with Gasteiger partial charge in [-0.2, -0.15) is 4.98 Å². The van der Waals surface area contributed by atoms with Gasteiger partial charge in [0, 0.05) is 12.2 Å². The Balaban J connectivity index is 1.68. The zero-order valence-electron chi connectivity index (χ0n) is 13.5. The number of nitrogen functional groups attached to an aromatic ring is 1. The Morgan fingerprint density at radius 1 is 1.36 bits per heavy atom. The number of hydrogen-bond acceptors (Lipinski definition) is 7. The van der Waals surface area contributed by atoms with E-state index < -0.39 is 11.9 Å². The number of rotatable bonds is 4. The van der Waals surface area contributed by atoms with Crippen LogP contribution >= 0.6 is 0 Å². The minimum absolute atomic E-state index is 0.0358. The molecule has 2 aromatic rings. The van der Waals surface area contributed by atoms with Crippen molar-refractivity contribution in [1.82, 2.24) is 9.97 Å². The van der Waals surface area contributed by atoms with Crippen LogP contribution in [0.4, 0.5) is 17.5 Å². The molecule has 0 bridgehead atoms. The van der Waals surface area contributed by atoms with Crippen molar-refractivity contribution < 1.29 is 14.3 Å². The summed E-state index contributed by atoms with van der Waals surface area (Å²) in [5.41, 5.74) is 6.71. The van der Waals surface area contributed by atoms with E-state index in [0.717, 1.165) is 5.69 Å². The Kier molecular flexibility index (Phi) is 4.38. The molecule has 1 aliphatic rings. The van der Waals surface area contributed by atoms with E-state index in [-0.39, 0.29) is 29.7 Å². The number of aromatic nitrogens is 2. The molecule has 0 radical (unpaired) electrons. The van der Waals surface area contributed by atoms with Crippen molar-refractivity contribution in [2.75, 3.05) is 30.0 Å². The van der Waals surface area contributed by atoms with Crippen molar-refractivity contribution in [2.24, 2.45) is 5.92 Å². The average Bonchev–Trinajstić information content (AvgIpc) is 2.60. The van der Waals surface area contributed by atoms with Crippen LogP contribution in [0.3, 0.4) is 0 Å². The number of hydrogen-bond donors (Lipinski definition) is 4. The molecule has 130 valence electrons. The Bertz CT molecular complexity index is 875. The van der Waals surface area contributed by atoms with E-state index >= 15 is 0 Å². The van der Waals surface area contributed by atoms with Crippen LogP contribution in [0.15, 0.2) is 29.1 Å². The summed E-state index contributed by atoms with van der Waals surface area (Å²) in [6.45, 7) is 0.326. The summed E-state index contributed by atoms with van der Waals surface area (Å²) in [6.07, 6.45) is 0.261. The van der Waals surface area contributed by atoms with Gasteiger partial charge in [-0.05, 0) is 30.7 Å². The largest absolute Gasteiger partial charge is 0.465 e. The number of esters is 1. The molecule has 3 rings (SSSR count). The number of anilines is 3. The quantitative estimate of drug-likeness (QED) is 0.588. The summed E-state index contributed by atoms with van der Waals surface area (Å²) in [5, 5.41) is 5.73. The zero-order valence-corrected chi connectivity index (χ0v) is 13.5. The number of carbonyl (C=O) groups excluding carboxylic acids is 2. The molecule has 1 aliphatic heterocycles. The summed E-state index contributed by atoms with van der Waals surface area (Å²) in [4.78, 5) is 41.9. The third kappa shape index (κ3) is 3.44. The first kappa shape index (κ1) is 16.5. The Morgan fingerprint density at radius 3 is 2.76 bits per heavy atom. The Morgan fingerprint density at radius 2 is 2.08 bits per heavy atom. The highest BCUT2D eigenvalue weighted by Gasteiger charge is 2.29. The number of nitrogens with one attached hydrogen (secondary N) is 3. The second-order valence-corrected chi connectivity index (χ2v) is 5.62. The van der Waals surface area contributed by atoms with E-state index in [1.165, 1.54) is 7.11 Å². The first-order chi connectivity index (χ1) is 12.0. The van der Waals surface area contributed by atoms with Gasteiger partial charge in [-0.3, -0.25) is 14.6 Å². The van der Waals surface area contributed by atoms with E-state index in [2.05, 4.69) is 25.3 Å². The standard InChI is InChI=1S/C16H17N5O4/c1-25-15(24)8-2-4-10(5-3-8)18-7-9-6-11-12(19-13(9)22)20-16(17)21-14(11)23/h2-5,9,18H,6-7H2,1H3,(H4,17,19,20,21,22,23). The highest BCUT2D eigenvalue weighted by atomic mass is 16.5. The molecule has 0 spiro atoms. The molecule has 1 aromatic carbocycles. The van der Waals surface area contributed by atoms with E-state index in [1.807, 2.05) is 0 Å². The Labute approximate surface area is 142 Å². The van der Waals surface area contributed by atoms with Crippen LogP contribution in [0.5, 0.6) is 0 Å². The third-order valence-electron chi connectivity index (χ3n) is 3.96. The number of nitrogens with two attached hydrogens (primary N) is 1. The SMILES string of the molecule is COC(=O)c1ccc(NCC2Cc3c(nc(N)[nH]c3=O)NC2=O)cc1. The maximum Gasteiger partial charge on any atom is 0.337 e. The summed E-state index contributed by atoms with van der Waals surface area (Å²) in [6, 6.07) is 6.69. The fourth-order valence-corrected chi connectivity index (χ4v) is 2.61. The van der Waals surface area contributed by atoms with Crippen molar-refractivity contribution in [2.45, 2.75) is 6.42 Å². The van der Waals surface area contributed by atoms with Gasteiger partial charge in [0.2, 0.25) is 11.9 Å². The lowest BCUT2D eigenvalue weighted by Gasteiger charge is -2.23. The summed E-state index contributed by atoms with van der Waals surface area (Å²) in [7, 11) is 1.32. The van der Waals surface area contributed by atoms with Crippen molar-refractivity contribution in [3.63, 3.8) is 0 Å². The molecular formula is C16H17N5O4. The van der Waals surface area contributed by atoms with Gasteiger partial charge in [-0.25, -0.2) is 4.79 Å². The lowest BCUT2D eigenvalue weighted by molar-refractivity contribution is -0.119. The average molecular weight is 343 g/mol. The van der Waals surface area contributed by atoms with Crippen LogP contribution in [-0.2, 0) is 16.0 Å². The van der Waals surface area contributed by atoms with Crippen LogP contribution in [0.2, 0.25) is 0 Å². The Hall–Kier alpha value is -3.36. The molecule has 5 N–H and O–H groups in total. The van der Waals surface area contributed by atoms with E-state index in [0.29, 0.717) is 17.7 Å². The molecule has 0 saturated carbocycles. The zero-order chi connectivity index (χ0) is 18.0. The number of amides is 1. The lowest BCUT2D eigenvalue weighted by Crippen LogP contribution is -2.38. The first-order valence-corrected chi connectivity index (χ1v) is 7.59. The number of carbonyl (C=O) groups is 2. The molecule has 0 saturated heterocycles. The second kappa shape index (κ2) is 6.63.